The van der Waals surface area contributed by atoms with Gasteiger partial charge in [-0.05, 0) is 61.2 Å². The summed E-state index contributed by atoms with van der Waals surface area (Å²) in [5.41, 5.74) is 0.912. The lowest BCUT2D eigenvalue weighted by Crippen LogP contribution is -2.12. The monoisotopic (exact) mass is 573 g/mol. The van der Waals surface area contributed by atoms with E-state index in [1.165, 1.54) is 18.2 Å². The lowest BCUT2D eigenvalue weighted by molar-refractivity contribution is 0.102. The number of nitrogens with zero attached hydrogens (tertiary/aromatic N) is 2. The van der Waals surface area contributed by atoms with Gasteiger partial charge in [-0.2, -0.15) is 13.5 Å². The maximum absolute atomic E-state index is 13.1. The van der Waals surface area contributed by atoms with E-state index in [2.05, 4.69) is 15.5 Å². The zero-order valence-corrected chi connectivity index (χ0v) is 22.4. The van der Waals surface area contributed by atoms with Crippen LogP contribution in [0.15, 0.2) is 75.8 Å². The van der Waals surface area contributed by atoms with Crippen LogP contribution in [0.2, 0.25) is 10.0 Å². The molecular formula is C26H21Cl2N3O6S. The van der Waals surface area contributed by atoms with Crippen LogP contribution < -0.4 is 10.1 Å². The molecule has 0 bridgehead atoms. The molecule has 9 nitrogen and oxygen atoms in total. The number of nitrogens with one attached hydrogen (secondary N) is 1. The van der Waals surface area contributed by atoms with Gasteiger partial charge >= 0.3 is 0 Å². The first-order chi connectivity index (χ1) is 18.0. The molecule has 0 aliphatic carbocycles. The summed E-state index contributed by atoms with van der Waals surface area (Å²) in [4.78, 5) is 12.7. The first-order valence-electron chi connectivity index (χ1n) is 11.2. The van der Waals surface area contributed by atoms with Crippen LogP contribution in [0, 0.1) is 6.92 Å². The molecule has 0 heterocycles. The quantitative estimate of drug-likeness (QED) is 0.155. The Hall–Kier alpha value is -3.70. The van der Waals surface area contributed by atoms with Gasteiger partial charge in [-0.1, -0.05) is 47.5 Å². The second-order valence-electron chi connectivity index (χ2n) is 8.12. The third-order valence-electron chi connectivity index (χ3n) is 5.52. The topological polar surface area (TPSA) is 138 Å². The number of phenolic OH excluding ortho intramolecular Hbond substituents is 1. The SMILES string of the molecule is CCOc1ccc(NC(=O)c2cc3ccccc3c(N=Nc3cc(Cl)c(S(=O)(=O)O)cc3C)c2O)cc1Cl. The molecule has 0 aliphatic heterocycles. The van der Waals surface area contributed by atoms with Crippen molar-refractivity contribution in [2.24, 2.45) is 10.2 Å². The number of ether oxygens (including phenoxy) is 1. The van der Waals surface area contributed by atoms with Crippen molar-refractivity contribution in [1.82, 2.24) is 0 Å². The van der Waals surface area contributed by atoms with E-state index < -0.39 is 26.7 Å². The summed E-state index contributed by atoms with van der Waals surface area (Å²) in [5.74, 6) is -0.551. The molecule has 196 valence electrons. The van der Waals surface area contributed by atoms with Gasteiger partial charge in [0.05, 0.1) is 27.9 Å². The summed E-state index contributed by atoms with van der Waals surface area (Å²) in [6.07, 6.45) is 0. The minimum absolute atomic E-state index is 0.0207. The highest BCUT2D eigenvalue weighted by Crippen LogP contribution is 2.40. The van der Waals surface area contributed by atoms with Crippen LogP contribution >= 0.6 is 23.2 Å². The Morgan fingerprint density at radius 2 is 1.76 bits per heavy atom. The van der Waals surface area contributed by atoms with Crippen LogP contribution in [0.4, 0.5) is 17.1 Å². The Morgan fingerprint density at radius 3 is 2.45 bits per heavy atom. The third-order valence-corrected chi connectivity index (χ3v) is 7.13. The van der Waals surface area contributed by atoms with Gasteiger partial charge in [0, 0.05) is 11.1 Å². The smallest absolute Gasteiger partial charge is 0.296 e. The zero-order valence-electron chi connectivity index (χ0n) is 20.1. The van der Waals surface area contributed by atoms with E-state index in [0.29, 0.717) is 39.4 Å². The second-order valence-corrected chi connectivity index (χ2v) is 10.3. The Bertz CT molecular complexity index is 1710. The van der Waals surface area contributed by atoms with Gasteiger partial charge in [0.2, 0.25) is 0 Å². The van der Waals surface area contributed by atoms with E-state index in [0.717, 1.165) is 6.07 Å². The van der Waals surface area contributed by atoms with Crippen molar-refractivity contribution in [2.45, 2.75) is 18.7 Å². The molecule has 12 heteroatoms. The molecule has 0 saturated carbocycles. The average molecular weight is 574 g/mol. The Kier molecular flexibility index (Phi) is 7.89. The highest BCUT2D eigenvalue weighted by molar-refractivity contribution is 7.86. The third kappa shape index (κ3) is 5.73. The van der Waals surface area contributed by atoms with Crippen molar-refractivity contribution >= 4 is 67.1 Å². The van der Waals surface area contributed by atoms with E-state index in [-0.39, 0.29) is 22.0 Å². The number of hydrogen-bond acceptors (Lipinski definition) is 7. The number of amides is 1. The van der Waals surface area contributed by atoms with Crippen molar-refractivity contribution in [1.29, 1.82) is 0 Å². The summed E-state index contributed by atoms with van der Waals surface area (Å²) < 4.78 is 37.8. The zero-order chi connectivity index (χ0) is 27.6. The minimum Gasteiger partial charge on any atom is -0.505 e. The average Bonchev–Trinajstić information content (AvgIpc) is 2.85. The van der Waals surface area contributed by atoms with Gasteiger partial charge < -0.3 is 15.2 Å². The van der Waals surface area contributed by atoms with Crippen LogP contribution in [-0.2, 0) is 10.1 Å². The second kappa shape index (κ2) is 11.0. The maximum Gasteiger partial charge on any atom is 0.296 e. The Morgan fingerprint density at radius 1 is 1.03 bits per heavy atom. The van der Waals surface area contributed by atoms with Gasteiger partial charge in [-0.25, -0.2) is 0 Å². The largest absolute Gasteiger partial charge is 0.505 e. The number of anilines is 1. The number of aryl methyl sites for hydroxylation is 1. The molecule has 0 aromatic heterocycles. The highest BCUT2D eigenvalue weighted by atomic mass is 35.5. The van der Waals surface area contributed by atoms with E-state index in [1.807, 2.05) is 6.92 Å². The van der Waals surface area contributed by atoms with E-state index >= 15 is 0 Å². The molecule has 0 atom stereocenters. The molecule has 0 fully saturated rings. The molecule has 4 rings (SSSR count). The van der Waals surface area contributed by atoms with E-state index in [1.54, 1.807) is 43.3 Å². The number of rotatable bonds is 7. The number of benzene rings is 4. The first-order valence-corrected chi connectivity index (χ1v) is 13.4. The predicted octanol–water partition coefficient (Wildman–Crippen LogP) is 7.47. The lowest BCUT2D eigenvalue weighted by Gasteiger charge is -2.12. The summed E-state index contributed by atoms with van der Waals surface area (Å²) in [7, 11) is -4.53. The van der Waals surface area contributed by atoms with Crippen LogP contribution in [0.25, 0.3) is 10.8 Å². The minimum atomic E-state index is -4.53. The fourth-order valence-corrected chi connectivity index (χ4v) is 5.01. The van der Waals surface area contributed by atoms with Gasteiger partial charge in [0.1, 0.15) is 16.3 Å². The van der Waals surface area contributed by atoms with Gasteiger partial charge in [-0.3, -0.25) is 9.35 Å². The summed E-state index contributed by atoms with van der Waals surface area (Å²) in [6.45, 7) is 3.82. The molecule has 4 aromatic rings. The summed E-state index contributed by atoms with van der Waals surface area (Å²) in [6, 6.07) is 15.7. The van der Waals surface area contributed by atoms with Gasteiger partial charge in [0.15, 0.2) is 5.75 Å². The molecule has 0 aliphatic rings. The normalized spacial score (nSPS) is 11.7. The molecule has 3 N–H and O–H groups in total. The summed E-state index contributed by atoms with van der Waals surface area (Å²) in [5, 5.41) is 23.3. The van der Waals surface area contributed by atoms with Crippen molar-refractivity contribution in [3.8, 4) is 11.5 Å². The molecule has 38 heavy (non-hydrogen) atoms. The predicted molar refractivity (Wildman–Crippen MR) is 146 cm³/mol. The number of aromatic hydroxyl groups is 1. The highest BCUT2D eigenvalue weighted by Gasteiger charge is 2.20. The number of fused-ring (bicyclic) bond motifs is 1. The fraction of sp³-hybridized carbons (Fsp3) is 0.115. The van der Waals surface area contributed by atoms with Crippen LogP contribution in [0.5, 0.6) is 11.5 Å². The number of carbonyl (C=O) groups is 1. The Balaban J connectivity index is 1.74. The van der Waals surface area contributed by atoms with Gasteiger partial charge in [0.25, 0.3) is 16.0 Å². The molecule has 0 unspecified atom stereocenters. The first kappa shape index (κ1) is 27.3. The molecule has 1 amide bonds. The Labute approximate surface area is 228 Å². The van der Waals surface area contributed by atoms with E-state index in [4.69, 9.17) is 27.9 Å². The number of halogens is 2. The van der Waals surface area contributed by atoms with Crippen molar-refractivity contribution in [3.05, 3.63) is 81.8 Å². The van der Waals surface area contributed by atoms with Crippen molar-refractivity contribution in [3.63, 3.8) is 0 Å². The number of phenols is 1. The van der Waals surface area contributed by atoms with Gasteiger partial charge in [-0.15, -0.1) is 5.11 Å². The molecule has 4 aromatic carbocycles. The molecule has 0 spiro atoms. The molecule has 0 radical (unpaired) electrons. The van der Waals surface area contributed by atoms with Crippen LogP contribution in [0.3, 0.4) is 0 Å². The van der Waals surface area contributed by atoms with Crippen LogP contribution in [0.1, 0.15) is 22.8 Å². The van der Waals surface area contributed by atoms with E-state index in [9.17, 15) is 22.9 Å². The fourth-order valence-electron chi connectivity index (χ4n) is 3.70. The standard InChI is InChI=1S/C26H21Cl2N3O6S/c1-3-37-22-9-8-16(12-19(22)27)29-26(33)18-11-15-6-4-5-7-17(15)24(25(18)32)31-30-21-13-20(28)23(10-14(21)2)38(34,35)36/h4-13,32H,3H2,1-2H3,(H,29,33)(H,34,35,36). The number of hydrogen-bond donors (Lipinski definition) is 3. The number of carbonyl (C=O) groups excluding carboxylic acids is 1. The lowest BCUT2D eigenvalue weighted by atomic mass is 10.0. The van der Waals surface area contributed by atoms with Crippen molar-refractivity contribution < 1.29 is 27.6 Å². The van der Waals surface area contributed by atoms with Crippen LogP contribution in [-0.4, -0.2) is 30.6 Å². The maximum atomic E-state index is 13.1. The van der Waals surface area contributed by atoms with Crippen molar-refractivity contribution in [2.75, 3.05) is 11.9 Å². The molecular weight excluding hydrogens is 553 g/mol. The number of azo groups is 1. The molecule has 0 saturated heterocycles. The summed E-state index contributed by atoms with van der Waals surface area (Å²) >= 11 is 12.2.